The molecule has 23 heavy (non-hydrogen) atoms. The van der Waals surface area contributed by atoms with Crippen molar-refractivity contribution in [3.8, 4) is 0 Å². The molecule has 0 aliphatic heterocycles. The SMILES string of the molecule is CNC(C)Cc1noc(CC(NC(C)=O)c2ccc(C)cc2)n1. The standard InChI is InChI=1S/C17H24N4O2/c1-11-5-7-14(8-6-11)15(19-13(3)22)10-17-20-16(21-23-17)9-12(2)18-4/h5-8,12,15,18H,9-10H2,1-4H3,(H,19,22). The summed E-state index contributed by atoms with van der Waals surface area (Å²) in [5.74, 6) is 1.12. The summed E-state index contributed by atoms with van der Waals surface area (Å²) in [5.41, 5.74) is 2.20. The van der Waals surface area contributed by atoms with Gasteiger partial charge in [0.05, 0.1) is 12.5 Å². The van der Waals surface area contributed by atoms with Crippen molar-refractivity contribution < 1.29 is 9.32 Å². The molecule has 0 fully saturated rings. The second-order valence-corrected chi connectivity index (χ2v) is 5.87. The van der Waals surface area contributed by atoms with Crippen molar-refractivity contribution in [2.24, 2.45) is 0 Å². The van der Waals surface area contributed by atoms with Crippen LogP contribution in [0.5, 0.6) is 0 Å². The number of likely N-dealkylation sites (N-methyl/N-ethyl adjacent to an activating group) is 1. The lowest BCUT2D eigenvalue weighted by Gasteiger charge is -2.16. The molecule has 0 bridgehead atoms. The lowest BCUT2D eigenvalue weighted by atomic mass is 10.0. The minimum atomic E-state index is -0.178. The van der Waals surface area contributed by atoms with Crippen LogP contribution in [0.2, 0.25) is 0 Å². The summed E-state index contributed by atoms with van der Waals surface area (Å²) in [6.07, 6.45) is 1.18. The zero-order valence-electron chi connectivity index (χ0n) is 14.1. The summed E-state index contributed by atoms with van der Waals surface area (Å²) in [6.45, 7) is 5.60. The normalized spacial score (nSPS) is 13.6. The summed E-state index contributed by atoms with van der Waals surface area (Å²) in [6, 6.07) is 8.18. The molecular weight excluding hydrogens is 292 g/mol. The van der Waals surface area contributed by atoms with E-state index in [-0.39, 0.29) is 18.0 Å². The summed E-state index contributed by atoms with van der Waals surface area (Å²) in [7, 11) is 1.90. The van der Waals surface area contributed by atoms with E-state index < -0.39 is 0 Å². The van der Waals surface area contributed by atoms with Gasteiger partial charge in [-0.05, 0) is 26.5 Å². The highest BCUT2D eigenvalue weighted by atomic mass is 16.5. The molecule has 1 heterocycles. The number of nitrogens with zero attached hydrogens (tertiary/aromatic N) is 2. The van der Waals surface area contributed by atoms with Gasteiger partial charge in [-0.25, -0.2) is 0 Å². The first-order valence-electron chi connectivity index (χ1n) is 7.80. The van der Waals surface area contributed by atoms with Crippen molar-refractivity contribution in [2.75, 3.05) is 7.05 Å². The molecule has 2 unspecified atom stereocenters. The predicted molar refractivity (Wildman–Crippen MR) is 88.0 cm³/mol. The molecule has 0 radical (unpaired) electrons. The third-order valence-electron chi connectivity index (χ3n) is 3.73. The summed E-state index contributed by atoms with van der Waals surface area (Å²) >= 11 is 0. The van der Waals surface area contributed by atoms with Crippen LogP contribution in [-0.2, 0) is 17.6 Å². The van der Waals surface area contributed by atoms with E-state index in [4.69, 9.17) is 4.52 Å². The second kappa shape index (κ2) is 7.87. The number of amides is 1. The van der Waals surface area contributed by atoms with E-state index in [1.807, 2.05) is 38.2 Å². The Balaban J connectivity index is 2.11. The van der Waals surface area contributed by atoms with E-state index in [2.05, 4.69) is 27.7 Å². The Morgan fingerprint density at radius 2 is 1.96 bits per heavy atom. The molecule has 0 spiro atoms. The van der Waals surface area contributed by atoms with E-state index in [0.717, 1.165) is 5.56 Å². The Labute approximate surface area is 136 Å². The Morgan fingerprint density at radius 3 is 2.57 bits per heavy atom. The number of hydrogen-bond donors (Lipinski definition) is 2. The monoisotopic (exact) mass is 316 g/mol. The molecule has 0 saturated carbocycles. The highest BCUT2D eigenvalue weighted by Gasteiger charge is 2.18. The summed E-state index contributed by atoms with van der Waals surface area (Å²) < 4.78 is 5.33. The number of carbonyl (C=O) groups is 1. The zero-order chi connectivity index (χ0) is 16.8. The first kappa shape index (κ1) is 17.1. The number of carbonyl (C=O) groups excluding carboxylic acids is 1. The average molecular weight is 316 g/mol. The largest absolute Gasteiger partial charge is 0.349 e. The Hall–Kier alpha value is -2.21. The Kier molecular flexibility index (Phi) is 5.87. The molecule has 124 valence electrons. The molecule has 1 aromatic carbocycles. The van der Waals surface area contributed by atoms with Gasteiger partial charge < -0.3 is 15.2 Å². The minimum Gasteiger partial charge on any atom is -0.349 e. The third kappa shape index (κ3) is 5.17. The van der Waals surface area contributed by atoms with Crippen LogP contribution in [0.1, 0.15) is 42.7 Å². The van der Waals surface area contributed by atoms with Gasteiger partial charge >= 0.3 is 0 Å². The van der Waals surface area contributed by atoms with E-state index in [9.17, 15) is 4.79 Å². The molecule has 2 atom stereocenters. The first-order valence-corrected chi connectivity index (χ1v) is 7.80. The van der Waals surface area contributed by atoms with Gasteiger partial charge in [-0.3, -0.25) is 4.79 Å². The number of aromatic nitrogens is 2. The molecule has 2 N–H and O–H groups in total. The molecular formula is C17H24N4O2. The van der Waals surface area contributed by atoms with E-state index in [1.54, 1.807) is 0 Å². The number of aryl methyl sites for hydroxylation is 1. The van der Waals surface area contributed by atoms with Crippen molar-refractivity contribution in [1.82, 2.24) is 20.8 Å². The van der Waals surface area contributed by atoms with Gasteiger partial charge in [0, 0.05) is 19.4 Å². The highest BCUT2D eigenvalue weighted by Crippen LogP contribution is 2.18. The molecule has 6 heteroatoms. The van der Waals surface area contributed by atoms with Crippen molar-refractivity contribution in [3.05, 3.63) is 47.1 Å². The molecule has 6 nitrogen and oxygen atoms in total. The maximum Gasteiger partial charge on any atom is 0.229 e. The molecule has 1 amide bonds. The van der Waals surface area contributed by atoms with Gasteiger partial charge in [0.1, 0.15) is 0 Å². The average Bonchev–Trinajstić information content (AvgIpc) is 2.94. The Morgan fingerprint density at radius 1 is 1.26 bits per heavy atom. The maximum atomic E-state index is 11.5. The Bertz CT molecular complexity index is 636. The number of hydrogen-bond acceptors (Lipinski definition) is 5. The van der Waals surface area contributed by atoms with Gasteiger partial charge in [0.2, 0.25) is 11.8 Å². The molecule has 2 aromatic rings. The number of nitrogens with one attached hydrogen (secondary N) is 2. The first-order chi connectivity index (χ1) is 11.0. The van der Waals surface area contributed by atoms with Gasteiger partial charge in [0.15, 0.2) is 5.82 Å². The topological polar surface area (TPSA) is 80.0 Å². The summed E-state index contributed by atoms with van der Waals surface area (Å²) in [5, 5.41) is 10.1. The van der Waals surface area contributed by atoms with Crippen LogP contribution < -0.4 is 10.6 Å². The minimum absolute atomic E-state index is 0.0841. The third-order valence-corrected chi connectivity index (χ3v) is 3.73. The van der Waals surface area contributed by atoms with Crippen LogP contribution in [0, 0.1) is 6.92 Å². The fraction of sp³-hybridized carbons (Fsp3) is 0.471. The molecule has 0 saturated heterocycles. The fourth-order valence-electron chi connectivity index (χ4n) is 2.30. The molecule has 1 aromatic heterocycles. The molecule has 2 rings (SSSR count). The molecule has 0 aliphatic rings. The zero-order valence-corrected chi connectivity index (χ0v) is 14.1. The van der Waals surface area contributed by atoms with Crippen LogP contribution in [0.4, 0.5) is 0 Å². The van der Waals surface area contributed by atoms with Gasteiger partial charge in [-0.2, -0.15) is 4.98 Å². The van der Waals surface area contributed by atoms with Gasteiger partial charge in [-0.15, -0.1) is 0 Å². The van der Waals surface area contributed by atoms with E-state index >= 15 is 0 Å². The molecule has 0 aliphatic carbocycles. The summed E-state index contributed by atoms with van der Waals surface area (Å²) in [4.78, 5) is 15.9. The quantitative estimate of drug-likeness (QED) is 0.816. The van der Waals surface area contributed by atoms with Crippen molar-refractivity contribution in [2.45, 2.75) is 45.7 Å². The van der Waals surface area contributed by atoms with Crippen LogP contribution >= 0.6 is 0 Å². The lowest BCUT2D eigenvalue weighted by molar-refractivity contribution is -0.119. The fourth-order valence-corrected chi connectivity index (χ4v) is 2.30. The van der Waals surface area contributed by atoms with Crippen molar-refractivity contribution >= 4 is 5.91 Å². The van der Waals surface area contributed by atoms with Crippen LogP contribution in [0.25, 0.3) is 0 Å². The number of benzene rings is 1. The van der Waals surface area contributed by atoms with Crippen molar-refractivity contribution in [1.29, 1.82) is 0 Å². The van der Waals surface area contributed by atoms with Crippen LogP contribution in [0.3, 0.4) is 0 Å². The van der Waals surface area contributed by atoms with Crippen molar-refractivity contribution in [3.63, 3.8) is 0 Å². The maximum absolute atomic E-state index is 11.5. The number of rotatable bonds is 7. The van der Waals surface area contributed by atoms with E-state index in [1.165, 1.54) is 12.5 Å². The predicted octanol–water partition coefficient (Wildman–Crippen LogP) is 1.95. The van der Waals surface area contributed by atoms with Gasteiger partial charge in [-0.1, -0.05) is 35.0 Å². The van der Waals surface area contributed by atoms with Gasteiger partial charge in [0.25, 0.3) is 0 Å². The van der Waals surface area contributed by atoms with Crippen LogP contribution in [0.15, 0.2) is 28.8 Å². The second-order valence-electron chi connectivity index (χ2n) is 5.87. The lowest BCUT2D eigenvalue weighted by Crippen LogP contribution is -2.27. The van der Waals surface area contributed by atoms with Crippen LogP contribution in [-0.4, -0.2) is 29.1 Å². The van der Waals surface area contributed by atoms with E-state index in [0.29, 0.717) is 24.6 Å². The smallest absolute Gasteiger partial charge is 0.229 e. The highest BCUT2D eigenvalue weighted by molar-refractivity contribution is 5.73.